The van der Waals surface area contributed by atoms with Crippen LogP contribution in [0.4, 0.5) is 0 Å². The third-order valence-corrected chi connectivity index (χ3v) is 13.5. The lowest BCUT2D eigenvalue weighted by Crippen LogP contribution is -2.30. The molecule has 0 aliphatic rings. The zero-order valence-corrected chi connectivity index (χ0v) is 47.2. The van der Waals surface area contributed by atoms with E-state index in [0.717, 1.165) is 57.8 Å². The van der Waals surface area contributed by atoms with Gasteiger partial charge in [0.05, 0.1) is 0 Å². The lowest BCUT2D eigenvalue weighted by Gasteiger charge is -2.18. The first-order valence-electron chi connectivity index (χ1n) is 30.8. The minimum Gasteiger partial charge on any atom is -0.462 e. The molecule has 0 amide bonds. The highest BCUT2D eigenvalue weighted by Crippen LogP contribution is 2.16. The fourth-order valence-corrected chi connectivity index (χ4v) is 8.80. The van der Waals surface area contributed by atoms with E-state index in [1.165, 1.54) is 212 Å². The van der Waals surface area contributed by atoms with Crippen LogP contribution in [0, 0.1) is 0 Å². The molecular weight excluding hydrogens is 877 g/mol. The van der Waals surface area contributed by atoms with Crippen molar-refractivity contribution in [1.82, 2.24) is 0 Å². The summed E-state index contributed by atoms with van der Waals surface area (Å²) in [6.07, 6.45) is 75.1. The standard InChI is InChI=1S/C65H116O6/c1-4-7-10-13-16-19-22-25-28-30-31-32-33-35-38-40-43-46-49-52-55-58-64(67)70-61-62(71-65(68)59-56-53-50-47-44-41-36-27-24-21-18-15-12-9-6-3)60-69-63(66)57-54-51-48-45-42-39-37-34-29-26-23-20-17-14-11-8-5-2/h21,24-26,28-29,37,39,45,48,62H,4-20,22-23,27,30-36,38,40-44,46-47,49-61H2,1-3H3/b24-21-,28-25-,29-26-,39-37-,48-45-/t62-/m0/s1. The molecule has 0 N–H and O–H groups in total. The molecular formula is C65H116O6. The molecule has 0 aliphatic carbocycles. The van der Waals surface area contributed by atoms with E-state index in [2.05, 4.69) is 81.5 Å². The molecule has 0 aromatic heterocycles. The molecule has 0 aliphatic heterocycles. The van der Waals surface area contributed by atoms with E-state index in [0.29, 0.717) is 19.3 Å². The Morgan fingerprint density at radius 1 is 0.282 bits per heavy atom. The normalized spacial score (nSPS) is 12.4. The number of unbranched alkanes of at least 4 members (excludes halogenated alkanes) is 35. The Morgan fingerprint density at radius 3 is 0.873 bits per heavy atom. The van der Waals surface area contributed by atoms with Gasteiger partial charge in [0.15, 0.2) is 6.10 Å². The van der Waals surface area contributed by atoms with Gasteiger partial charge in [-0.15, -0.1) is 0 Å². The van der Waals surface area contributed by atoms with Gasteiger partial charge in [-0.05, 0) is 103 Å². The highest BCUT2D eigenvalue weighted by Gasteiger charge is 2.19. The molecule has 0 radical (unpaired) electrons. The molecule has 0 fully saturated rings. The zero-order chi connectivity index (χ0) is 51.4. The van der Waals surface area contributed by atoms with Gasteiger partial charge in [-0.2, -0.15) is 0 Å². The minimum atomic E-state index is -0.797. The number of carbonyl (C=O) groups excluding carboxylic acids is 3. The number of allylic oxidation sites excluding steroid dienone is 10. The Balaban J connectivity index is 4.39. The molecule has 6 nitrogen and oxygen atoms in total. The maximum absolute atomic E-state index is 12.9. The number of rotatable bonds is 56. The van der Waals surface area contributed by atoms with E-state index in [1.807, 2.05) is 0 Å². The SMILES string of the molecule is CCCCCC/C=C\CCCCCCCCCC(=O)O[C@@H](COC(=O)CCC/C=C\C/C=C\C/C=C\CCCCCCCC)COC(=O)CCCCCCCCCCCCC/C=C\CCCCCCCC. The second kappa shape index (κ2) is 59.7. The molecule has 0 bridgehead atoms. The summed E-state index contributed by atoms with van der Waals surface area (Å²) in [6.45, 7) is 6.60. The van der Waals surface area contributed by atoms with Gasteiger partial charge < -0.3 is 14.2 Å². The third-order valence-electron chi connectivity index (χ3n) is 13.5. The van der Waals surface area contributed by atoms with Crippen molar-refractivity contribution < 1.29 is 28.6 Å². The van der Waals surface area contributed by atoms with Gasteiger partial charge in [0.2, 0.25) is 0 Å². The maximum Gasteiger partial charge on any atom is 0.306 e. The van der Waals surface area contributed by atoms with E-state index in [-0.39, 0.29) is 37.5 Å². The van der Waals surface area contributed by atoms with Crippen molar-refractivity contribution in [1.29, 1.82) is 0 Å². The summed E-state index contributed by atoms with van der Waals surface area (Å²) in [7, 11) is 0. The van der Waals surface area contributed by atoms with Gasteiger partial charge in [0.1, 0.15) is 13.2 Å². The Morgan fingerprint density at radius 2 is 0.521 bits per heavy atom. The van der Waals surface area contributed by atoms with E-state index in [1.54, 1.807) is 0 Å². The molecule has 0 rings (SSSR count). The fourth-order valence-electron chi connectivity index (χ4n) is 8.80. The van der Waals surface area contributed by atoms with Crippen LogP contribution in [0.25, 0.3) is 0 Å². The van der Waals surface area contributed by atoms with E-state index < -0.39 is 6.10 Å². The summed E-state index contributed by atoms with van der Waals surface area (Å²) in [6, 6.07) is 0. The molecule has 0 heterocycles. The summed E-state index contributed by atoms with van der Waals surface area (Å²) < 4.78 is 16.9. The second-order valence-electron chi connectivity index (χ2n) is 20.6. The molecule has 0 saturated heterocycles. The number of carbonyl (C=O) groups is 3. The number of ether oxygens (including phenoxy) is 3. The van der Waals surface area contributed by atoms with Crippen molar-refractivity contribution in [3.8, 4) is 0 Å². The quantitative estimate of drug-likeness (QED) is 0.0261. The van der Waals surface area contributed by atoms with Crippen LogP contribution in [0.2, 0.25) is 0 Å². The molecule has 412 valence electrons. The van der Waals surface area contributed by atoms with Crippen molar-refractivity contribution in [3.63, 3.8) is 0 Å². The van der Waals surface area contributed by atoms with Crippen molar-refractivity contribution in [2.75, 3.05) is 13.2 Å². The Labute approximate surface area is 440 Å². The molecule has 6 heteroatoms. The van der Waals surface area contributed by atoms with Crippen LogP contribution in [-0.4, -0.2) is 37.2 Å². The molecule has 0 aromatic carbocycles. The topological polar surface area (TPSA) is 78.9 Å². The molecule has 0 unspecified atom stereocenters. The van der Waals surface area contributed by atoms with Gasteiger partial charge in [-0.3, -0.25) is 14.4 Å². The van der Waals surface area contributed by atoms with Gasteiger partial charge in [0, 0.05) is 19.3 Å². The van der Waals surface area contributed by atoms with Gasteiger partial charge >= 0.3 is 17.9 Å². The molecule has 0 spiro atoms. The second-order valence-corrected chi connectivity index (χ2v) is 20.6. The van der Waals surface area contributed by atoms with E-state index >= 15 is 0 Å². The average molecular weight is 994 g/mol. The summed E-state index contributed by atoms with van der Waals surface area (Å²) in [5.41, 5.74) is 0. The Bertz CT molecular complexity index is 1280. The van der Waals surface area contributed by atoms with E-state index in [9.17, 15) is 14.4 Å². The number of hydrogen-bond donors (Lipinski definition) is 0. The summed E-state index contributed by atoms with van der Waals surface area (Å²) >= 11 is 0. The maximum atomic E-state index is 12.9. The predicted octanol–water partition coefficient (Wildman–Crippen LogP) is 20.8. The first-order valence-corrected chi connectivity index (χ1v) is 30.8. The van der Waals surface area contributed by atoms with Gasteiger partial charge in [0.25, 0.3) is 0 Å². The van der Waals surface area contributed by atoms with Crippen LogP contribution in [0.3, 0.4) is 0 Å². The van der Waals surface area contributed by atoms with Crippen molar-refractivity contribution in [2.45, 2.75) is 322 Å². The van der Waals surface area contributed by atoms with Crippen LogP contribution in [-0.2, 0) is 28.6 Å². The highest BCUT2D eigenvalue weighted by atomic mass is 16.6. The summed E-state index contributed by atoms with van der Waals surface area (Å²) in [5.74, 6) is -0.937. The van der Waals surface area contributed by atoms with Gasteiger partial charge in [-0.1, -0.05) is 255 Å². The van der Waals surface area contributed by atoms with Crippen LogP contribution < -0.4 is 0 Å². The monoisotopic (exact) mass is 993 g/mol. The van der Waals surface area contributed by atoms with Crippen molar-refractivity contribution in [3.05, 3.63) is 60.8 Å². The average Bonchev–Trinajstić information content (AvgIpc) is 3.37. The van der Waals surface area contributed by atoms with Crippen LogP contribution in [0.1, 0.15) is 316 Å². The van der Waals surface area contributed by atoms with Gasteiger partial charge in [-0.25, -0.2) is 0 Å². The van der Waals surface area contributed by atoms with Crippen LogP contribution in [0.5, 0.6) is 0 Å². The zero-order valence-electron chi connectivity index (χ0n) is 47.2. The minimum absolute atomic E-state index is 0.0903. The van der Waals surface area contributed by atoms with Crippen LogP contribution in [0.15, 0.2) is 60.8 Å². The summed E-state index contributed by atoms with van der Waals surface area (Å²) in [4.78, 5) is 38.2. The molecule has 71 heavy (non-hydrogen) atoms. The largest absolute Gasteiger partial charge is 0.462 e. The molecule has 0 aromatic rings. The smallest absolute Gasteiger partial charge is 0.306 e. The van der Waals surface area contributed by atoms with Crippen molar-refractivity contribution in [2.24, 2.45) is 0 Å². The van der Waals surface area contributed by atoms with Crippen molar-refractivity contribution >= 4 is 17.9 Å². The van der Waals surface area contributed by atoms with Crippen LogP contribution >= 0.6 is 0 Å². The lowest BCUT2D eigenvalue weighted by molar-refractivity contribution is -0.167. The number of esters is 3. The molecule has 1 atom stereocenters. The lowest BCUT2D eigenvalue weighted by atomic mass is 10.0. The first kappa shape index (κ1) is 68.1. The fraction of sp³-hybridized carbons (Fsp3) is 0.800. The molecule has 0 saturated carbocycles. The Kier molecular flexibility index (Phi) is 57.2. The third kappa shape index (κ3) is 57.9. The summed E-state index contributed by atoms with van der Waals surface area (Å²) in [5, 5.41) is 0. The Hall–Kier alpha value is -2.89. The first-order chi connectivity index (χ1) is 35.0. The number of hydrogen-bond acceptors (Lipinski definition) is 6. The highest BCUT2D eigenvalue weighted by molar-refractivity contribution is 5.71. The van der Waals surface area contributed by atoms with E-state index in [4.69, 9.17) is 14.2 Å². The predicted molar refractivity (Wildman–Crippen MR) is 307 cm³/mol.